The molecule has 1 atom stereocenters. The van der Waals surface area contributed by atoms with Gasteiger partial charge in [0.1, 0.15) is 6.04 Å². The fourth-order valence-electron chi connectivity index (χ4n) is 3.92. The summed E-state index contributed by atoms with van der Waals surface area (Å²) in [5, 5.41) is 10.9. The van der Waals surface area contributed by atoms with Gasteiger partial charge in [0.05, 0.1) is 6.54 Å². The number of nitrogens with zero attached hydrogens (tertiary/aromatic N) is 4. The van der Waals surface area contributed by atoms with Crippen LogP contribution in [-0.4, -0.2) is 63.2 Å². The molecule has 0 saturated carbocycles. The van der Waals surface area contributed by atoms with Crippen LogP contribution in [0.3, 0.4) is 0 Å². The number of hydrogen-bond donors (Lipinski definition) is 1. The average Bonchev–Trinajstić information content (AvgIpc) is 3.08. The molecule has 1 saturated heterocycles. The maximum absolute atomic E-state index is 12.6. The summed E-state index contributed by atoms with van der Waals surface area (Å²) in [6.07, 6.45) is 0.853. The maximum atomic E-state index is 12.6. The van der Waals surface area contributed by atoms with Crippen molar-refractivity contribution in [3.05, 3.63) is 20.9 Å². The third-order valence-electron chi connectivity index (χ3n) is 5.30. The van der Waals surface area contributed by atoms with Gasteiger partial charge in [-0.25, -0.2) is 9.59 Å². The maximum Gasteiger partial charge on any atom is 0.344 e. The van der Waals surface area contributed by atoms with Crippen LogP contribution >= 0.6 is 11.3 Å². The van der Waals surface area contributed by atoms with E-state index in [0.29, 0.717) is 32.7 Å². The van der Waals surface area contributed by atoms with E-state index in [1.54, 1.807) is 16.2 Å². The Balaban J connectivity index is 1.63. The van der Waals surface area contributed by atoms with Crippen LogP contribution in [0.25, 0.3) is 0 Å². The molecule has 1 N–H and O–H groups in total. The lowest BCUT2D eigenvalue weighted by molar-refractivity contribution is -0.0577. The minimum absolute atomic E-state index is 0.0875. The SMILES string of the molecule is CCN(CC)C(=O)N1CCc2sc3c(c2C1)CN1CC3N(O)C1=O. The molecule has 1 fully saturated rings. The largest absolute Gasteiger partial charge is 0.344 e. The molecule has 0 spiro atoms. The highest BCUT2D eigenvalue weighted by Crippen LogP contribution is 2.45. The zero-order valence-electron chi connectivity index (χ0n) is 14.0. The molecule has 4 rings (SSSR count). The first-order chi connectivity index (χ1) is 11.5. The van der Waals surface area contributed by atoms with Crippen LogP contribution in [0.2, 0.25) is 0 Å². The number of rotatable bonds is 2. The number of hydrogen-bond acceptors (Lipinski definition) is 4. The fraction of sp³-hybridized carbons (Fsp3) is 0.625. The van der Waals surface area contributed by atoms with Crippen molar-refractivity contribution in [3.8, 4) is 0 Å². The molecule has 1 aromatic heterocycles. The highest BCUT2D eigenvalue weighted by Gasteiger charge is 2.45. The lowest BCUT2D eigenvalue weighted by Crippen LogP contribution is -2.45. The minimum atomic E-state index is -0.316. The van der Waals surface area contributed by atoms with Gasteiger partial charge in [-0.05, 0) is 31.4 Å². The van der Waals surface area contributed by atoms with E-state index in [4.69, 9.17) is 0 Å². The monoisotopic (exact) mass is 350 g/mol. The summed E-state index contributed by atoms with van der Waals surface area (Å²) in [5.74, 6) is 0. The van der Waals surface area contributed by atoms with Crippen molar-refractivity contribution in [3.63, 3.8) is 0 Å². The van der Waals surface area contributed by atoms with Crippen LogP contribution in [0.4, 0.5) is 9.59 Å². The molecule has 3 aliphatic rings. The van der Waals surface area contributed by atoms with Gasteiger partial charge in [0, 0.05) is 42.5 Å². The molecule has 4 heterocycles. The van der Waals surface area contributed by atoms with E-state index in [1.807, 2.05) is 23.6 Å². The molecule has 2 bridgehead atoms. The van der Waals surface area contributed by atoms with Gasteiger partial charge in [-0.2, -0.15) is 5.06 Å². The second-order valence-electron chi connectivity index (χ2n) is 6.50. The summed E-state index contributed by atoms with van der Waals surface area (Å²) in [4.78, 5) is 32.5. The quantitative estimate of drug-likeness (QED) is 0.832. The lowest BCUT2D eigenvalue weighted by Gasteiger charge is -2.33. The van der Waals surface area contributed by atoms with Crippen LogP contribution < -0.4 is 0 Å². The molecular formula is C16H22N4O3S. The van der Waals surface area contributed by atoms with Gasteiger partial charge in [-0.15, -0.1) is 11.3 Å². The summed E-state index contributed by atoms with van der Waals surface area (Å²) in [6, 6.07) is -0.475. The fourth-order valence-corrected chi connectivity index (χ4v) is 5.32. The number of urea groups is 2. The summed E-state index contributed by atoms with van der Waals surface area (Å²) in [5.41, 5.74) is 2.34. The first-order valence-electron chi connectivity index (χ1n) is 8.49. The van der Waals surface area contributed by atoms with Crippen LogP contribution in [0.1, 0.15) is 40.8 Å². The Morgan fingerprint density at radius 3 is 2.75 bits per heavy atom. The van der Waals surface area contributed by atoms with Gasteiger partial charge in [0.2, 0.25) is 0 Å². The average molecular weight is 350 g/mol. The third-order valence-corrected chi connectivity index (χ3v) is 6.74. The van der Waals surface area contributed by atoms with Gasteiger partial charge in [0.15, 0.2) is 0 Å². The van der Waals surface area contributed by atoms with E-state index in [-0.39, 0.29) is 18.1 Å². The molecule has 1 aromatic rings. The first-order valence-corrected chi connectivity index (χ1v) is 9.30. The predicted molar refractivity (Wildman–Crippen MR) is 88.9 cm³/mol. The van der Waals surface area contributed by atoms with E-state index in [0.717, 1.165) is 28.5 Å². The molecule has 130 valence electrons. The smallest absolute Gasteiger partial charge is 0.325 e. The van der Waals surface area contributed by atoms with E-state index in [2.05, 4.69) is 0 Å². The number of hydroxylamine groups is 2. The molecule has 0 aromatic carbocycles. The number of carbonyl (C=O) groups excluding carboxylic acids is 2. The van der Waals surface area contributed by atoms with Gasteiger partial charge in [-0.3, -0.25) is 5.21 Å². The zero-order chi connectivity index (χ0) is 17.0. The molecule has 24 heavy (non-hydrogen) atoms. The molecule has 1 unspecified atom stereocenters. The molecule has 0 radical (unpaired) electrons. The number of carbonyl (C=O) groups is 2. The Hall–Kier alpha value is -1.80. The van der Waals surface area contributed by atoms with Crippen LogP contribution in [0.5, 0.6) is 0 Å². The van der Waals surface area contributed by atoms with Crippen LogP contribution in [0.15, 0.2) is 0 Å². The second-order valence-corrected chi connectivity index (χ2v) is 7.63. The van der Waals surface area contributed by atoms with Gasteiger partial charge in [-0.1, -0.05) is 0 Å². The summed E-state index contributed by atoms with van der Waals surface area (Å²) in [6.45, 7) is 7.86. The minimum Gasteiger partial charge on any atom is -0.325 e. The Bertz CT molecular complexity index is 700. The van der Waals surface area contributed by atoms with Gasteiger partial charge >= 0.3 is 12.1 Å². The summed E-state index contributed by atoms with van der Waals surface area (Å²) >= 11 is 1.70. The highest BCUT2D eigenvalue weighted by molar-refractivity contribution is 7.12. The van der Waals surface area contributed by atoms with Gasteiger partial charge in [0.25, 0.3) is 0 Å². The van der Waals surface area contributed by atoms with Crippen molar-refractivity contribution in [1.29, 1.82) is 0 Å². The van der Waals surface area contributed by atoms with Crippen molar-refractivity contribution in [1.82, 2.24) is 19.8 Å². The normalized spacial score (nSPS) is 21.9. The third kappa shape index (κ3) is 2.12. The van der Waals surface area contributed by atoms with Crippen LogP contribution in [0, 0.1) is 0 Å². The Kier molecular flexibility index (Phi) is 3.69. The molecule has 8 heteroatoms. The van der Waals surface area contributed by atoms with Crippen molar-refractivity contribution < 1.29 is 14.8 Å². The molecule has 7 nitrogen and oxygen atoms in total. The Labute approximate surface area is 145 Å². The van der Waals surface area contributed by atoms with E-state index >= 15 is 0 Å². The standard InChI is InChI=1S/C16H22N4O3S/c1-3-17(4-2)15(21)18-6-5-13-10(7-18)11-8-19-9-12(14(11)24-13)20(23)16(19)22/h12,23H,3-9H2,1-2H3. The highest BCUT2D eigenvalue weighted by atomic mass is 32.1. The summed E-state index contributed by atoms with van der Waals surface area (Å²) in [7, 11) is 0. The van der Waals surface area contributed by atoms with E-state index in [1.165, 1.54) is 10.4 Å². The van der Waals surface area contributed by atoms with Crippen molar-refractivity contribution in [2.45, 2.75) is 39.4 Å². The second kappa shape index (κ2) is 5.63. The topological polar surface area (TPSA) is 67.3 Å². The number of fused-ring (bicyclic) bond motifs is 6. The number of amides is 4. The van der Waals surface area contributed by atoms with E-state index in [9.17, 15) is 14.8 Å². The lowest BCUT2D eigenvalue weighted by atomic mass is 9.98. The Morgan fingerprint density at radius 1 is 1.29 bits per heavy atom. The Morgan fingerprint density at radius 2 is 2.04 bits per heavy atom. The van der Waals surface area contributed by atoms with E-state index < -0.39 is 0 Å². The predicted octanol–water partition coefficient (Wildman–Crippen LogP) is 2.25. The van der Waals surface area contributed by atoms with Gasteiger partial charge < -0.3 is 14.7 Å². The van der Waals surface area contributed by atoms with Crippen molar-refractivity contribution in [2.24, 2.45) is 0 Å². The number of thiophene rings is 1. The van der Waals surface area contributed by atoms with Crippen LogP contribution in [-0.2, 0) is 19.5 Å². The molecule has 3 aliphatic heterocycles. The first kappa shape index (κ1) is 15.7. The molecular weight excluding hydrogens is 328 g/mol. The van der Waals surface area contributed by atoms with Crippen molar-refractivity contribution >= 4 is 23.4 Å². The molecule has 4 amide bonds. The summed E-state index contributed by atoms with van der Waals surface area (Å²) < 4.78 is 0. The van der Waals surface area contributed by atoms with Crippen molar-refractivity contribution in [2.75, 3.05) is 26.2 Å². The molecule has 0 aliphatic carbocycles. The zero-order valence-corrected chi connectivity index (χ0v) is 14.8.